The van der Waals surface area contributed by atoms with Gasteiger partial charge in [-0.2, -0.15) is 0 Å². The van der Waals surface area contributed by atoms with E-state index >= 15 is 0 Å². The van der Waals surface area contributed by atoms with Gasteiger partial charge in [-0.25, -0.2) is 9.59 Å². The van der Waals surface area contributed by atoms with E-state index in [-0.39, 0.29) is 11.9 Å². The monoisotopic (exact) mass is 286 g/mol. The van der Waals surface area contributed by atoms with Gasteiger partial charge in [0.05, 0.1) is 13.2 Å². The third kappa shape index (κ3) is 3.30. The number of esters is 2. The van der Waals surface area contributed by atoms with Gasteiger partial charge in [-0.1, -0.05) is 0 Å². The van der Waals surface area contributed by atoms with Crippen LogP contribution in [-0.4, -0.2) is 86.5 Å². The van der Waals surface area contributed by atoms with Crippen molar-refractivity contribution in [3.63, 3.8) is 0 Å². The third-order valence-electron chi connectivity index (χ3n) is 4.69. The number of rotatable bonds is 6. The Kier molecular flexibility index (Phi) is 4.65. The van der Waals surface area contributed by atoms with E-state index in [1.807, 2.05) is 13.8 Å². The molecule has 6 heteroatoms. The normalized spacial score (nSPS) is 31.9. The Bertz CT molecular complexity index is 323. The summed E-state index contributed by atoms with van der Waals surface area (Å²) in [6.45, 7) is 11.3. The summed E-state index contributed by atoms with van der Waals surface area (Å²) in [7, 11) is 0. The van der Waals surface area contributed by atoms with Crippen molar-refractivity contribution in [1.29, 1.82) is 0 Å². The van der Waals surface area contributed by atoms with Crippen LogP contribution in [0.2, 0.25) is 0 Å². The van der Waals surface area contributed by atoms with Gasteiger partial charge in [-0.15, -0.1) is 0 Å². The Labute approximate surface area is 120 Å². The molecule has 0 atom stereocenters. The molecule has 3 saturated heterocycles. The van der Waals surface area contributed by atoms with E-state index in [1.165, 1.54) is 0 Å². The largest absolute Gasteiger partial charge is 0.462 e. The average Bonchev–Trinajstić information content (AvgIpc) is 2.41. The highest BCUT2D eigenvalue weighted by atomic mass is 16.5. The van der Waals surface area contributed by atoms with Crippen LogP contribution in [-0.2, 0) is 19.1 Å². The molecule has 20 heavy (non-hydrogen) atoms. The smallest absolute Gasteiger partial charge is 0.361 e. The van der Waals surface area contributed by atoms with Gasteiger partial charge in [-0.3, -0.25) is 0 Å². The Hall–Kier alpha value is -1.14. The minimum absolute atomic E-state index is 0.0974. The van der Waals surface area contributed by atoms with Crippen LogP contribution in [0.15, 0.2) is 0 Å². The molecule has 3 rings (SSSR count). The molecular formula is C14H26N2O4+2. The molecule has 0 amide bonds. The van der Waals surface area contributed by atoms with Crippen molar-refractivity contribution in [3.05, 3.63) is 0 Å². The predicted molar refractivity (Wildman–Crippen MR) is 72.7 cm³/mol. The van der Waals surface area contributed by atoms with Crippen LogP contribution in [0, 0.1) is 0 Å². The van der Waals surface area contributed by atoms with Gasteiger partial charge in [0.1, 0.15) is 39.3 Å². The molecular weight excluding hydrogens is 260 g/mol. The molecule has 2 bridgehead atoms. The van der Waals surface area contributed by atoms with Crippen molar-refractivity contribution in [2.75, 3.05) is 65.6 Å². The topological polar surface area (TPSA) is 52.6 Å². The molecule has 0 radical (unpaired) electrons. The maximum atomic E-state index is 11.7. The Morgan fingerprint density at radius 1 is 0.750 bits per heavy atom. The van der Waals surface area contributed by atoms with Crippen molar-refractivity contribution in [2.45, 2.75) is 13.8 Å². The molecule has 0 aliphatic carbocycles. The first kappa shape index (κ1) is 15.3. The van der Waals surface area contributed by atoms with Crippen molar-refractivity contribution >= 4 is 11.9 Å². The lowest BCUT2D eigenvalue weighted by Crippen LogP contribution is -2.76. The fraction of sp³-hybridized carbons (Fsp3) is 0.857. The van der Waals surface area contributed by atoms with Crippen molar-refractivity contribution < 1.29 is 28.0 Å². The molecule has 3 heterocycles. The minimum atomic E-state index is -0.0974. The molecule has 0 aromatic carbocycles. The van der Waals surface area contributed by atoms with Gasteiger partial charge >= 0.3 is 11.9 Å². The van der Waals surface area contributed by atoms with E-state index < -0.39 is 0 Å². The zero-order chi connectivity index (χ0) is 14.6. The van der Waals surface area contributed by atoms with Gasteiger partial charge in [0.2, 0.25) is 0 Å². The van der Waals surface area contributed by atoms with E-state index in [0.717, 1.165) is 48.2 Å². The van der Waals surface area contributed by atoms with E-state index in [2.05, 4.69) is 0 Å². The minimum Gasteiger partial charge on any atom is -0.462 e. The van der Waals surface area contributed by atoms with Crippen LogP contribution >= 0.6 is 0 Å². The lowest BCUT2D eigenvalue weighted by atomic mass is 10.1. The van der Waals surface area contributed by atoms with Crippen molar-refractivity contribution in [1.82, 2.24) is 0 Å². The Morgan fingerprint density at radius 2 is 1.05 bits per heavy atom. The summed E-state index contributed by atoms with van der Waals surface area (Å²) >= 11 is 0. The molecule has 3 aliphatic rings. The van der Waals surface area contributed by atoms with Crippen LogP contribution in [0.5, 0.6) is 0 Å². The highest BCUT2D eigenvalue weighted by Gasteiger charge is 2.50. The van der Waals surface area contributed by atoms with Gasteiger partial charge in [0, 0.05) is 0 Å². The molecule has 0 unspecified atom stereocenters. The van der Waals surface area contributed by atoms with Crippen LogP contribution < -0.4 is 0 Å². The van der Waals surface area contributed by atoms with Crippen molar-refractivity contribution in [2.24, 2.45) is 0 Å². The fourth-order valence-electron chi connectivity index (χ4n) is 3.38. The summed E-state index contributed by atoms with van der Waals surface area (Å²) in [6.07, 6.45) is 0. The first-order chi connectivity index (χ1) is 9.53. The zero-order valence-electron chi connectivity index (χ0n) is 12.6. The number of carbonyl (C=O) groups is 2. The second-order valence-electron chi connectivity index (χ2n) is 5.95. The molecule has 0 saturated carbocycles. The number of piperazine rings is 3. The lowest BCUT2D eigenvalue weighted by Gasteiger charge is -2.54. The third-order valence-corrected chi connectivity index (χ3v) is 4.69. The van der Waals surface area contributed by atoms with Gasteiger partial charge in [-0.05, 0) is 13.8 Å². The Balaban J connectivity index is 1.90. The van der Waals surface area contributed by atoms with E-state index in [1.54, 1.807) is 0 Å². The Morgan fingerprint density at radius 3 is 1.30 bits per heavy atom. The molecule has 0 spiro atoms. The predicted octanol–water partition coefficient (Wildman–Crippen LogP) is -0.227. The average molecular weight is 286 g/mol. The van der Waals surface area contributed by atoms with Crippen molar-refractivity contribution in [3.8, 4) is 0 Å². The van der Waals surface area contributed by atoms with E-state index in [0.29, 0.717) is 26.3 Å². The summed E-state index contributed by atoms with van der Waals surface area (Å²) < 4.78 is 11.8. The second kappa shape index (κ2) is 6.10. The molecule has 3 fully saturated rings. The van der Waals surface area contributed by atoms with Crippen LogP contribution in [0.4, 0.5) is 0 Å². The number of ether oxygens (including phenoxy) is 2. The summed E-state index contributed by atoms with van der Waals surface area (Å²) in [4.78, 5) is 23.4. The molecule has 3 aliphatic heterocycles. The number of hydrogen-bond donors (Lipinski definition) is 0. The number of fused-ring (bicyclic) bond motifs is 3. The summed E-state index contributed by atoms with van der Waals surface area (Å²) in [6, 6.07) is 0. The van der Waals surface area contributed by atoms with Crippen LogP contribution in [0.1, 0.15) is 13.8 Å². The number of quaternary nitrogens is 2. The SMILES string of the molecule is CCOC(=O)C[N+]12CC[N+](CC(=O)OCC)(CC1)CC2. The summed E-state index contributed by atoms with van der Waals surface area (Å²) in [5.41, 5.74) is 0. The maximum Gasteiger partial charge on any atom is 0.361 e. The zero-order valence-corrected chi connectivity index (χ0v) is 12.6. The fourth-order valence-corrected chi connectivity index (χ4v) is 3.38. The first-order valence-corrected chi connectivity index (χ1v) is 7.54. The lowest BCUT2D eigenvalue weighted by molar-refractivity contribution is -1.07. The summed E-state index contributed by atoms with van der Waals surface area (Å²) in [5, 5.41) is 0. The highest BCUT2D eigenvalue weighted by Crippen LogP contribution is 2.26. The first-order valence-electron chi connectivity index (χ1n) is 7.54. The second-order valence-corrected chi connectivity index (χ2v) is 5.95. The number of hydrogen-bond acceptors (Lipinski definition) is 4. The van der Waals surface area contributed by atoms with Gasteiger partial charge in [0.15, 0.2) is 13.1 Å². The molecule has 0 aromatic rings. The maximum absolute atomic E-state index is 11.7. The van der Waals surface area contributed by atoms with Gasteiger partial charge < -0.3 is 18.4 Å². The standard InChI is InChI=1S/C14H26N2O4/c1-3-19-13(17)11-15-5-8-16(9-6-15,10-7-15)12-14(18)20-4-2/h3-12H2,1-2H3/q+2. The molecule has 0 N–H and O–H groups in total. The van der Waals surface area contributed by atoms with Crippen LogP contribution in [0.3, 0.4) is 0 Å². The highest BCUT2D eigenvalue weighted by molar-refractivity contribution is 5.71. The van der Waals surface area contributed by atoms with E-state index in [4.69, 9.17) is 9.47 Å². The molecule has 6 nitrogen and oxygen atoms in total. The number of carbonyl (C=O) groups excluding carboxylic acids is 2. The quantitative estimate of drug-likeness (QED) is 0.500. The molecule has 0 aromatic heterocycles. The summed E-state index contributed by atoms with van der Waals surface area (Å²) in [5.74, 6) is -0.195. The molecule has 114 valence electrons. The van der Waals surface area contributed by atoms with E-state index in [9.17, 15) is 9.59 Å². The van der Waals surface area contributed by atoms with Gasteiger partial charge in [0.25, 0.3) is 0 Å². The number of nitrogens with zero attached hydrogens (tertiary/aromatic N) is 2. The van der Waals surface area contributed by atoms with Crippen LogP contribution in [0.25, 0.3) is 0 Å².